The van der Waals surface area contributed by atoms with E-state index in [2.05, 4.69) is 5.10 Å². The third-order valence-corrected chi connectivity index (χ3v) is 3.88. The highest BCUT2D eigenvalue weighted by molar-refractivity contribution is 6.30. The summed E-state index contributed by atoms with van der Waals surface area (Å²) < 4.78 is 1.79. The first kappa shape index (κ1) is 15.3. The monoisotopic (exact) mass is 326 g/mol. The number of para-hydroxylation sites is 1. The average molecular weight is 327 g/mol. The Kier molecular flexibility index (Phi) is 4.17. The van der Waals surface area contributed by atoms with Crippen molar-refractivity contribution in [3.05, 3.63) is 70.9 Å². The summed E-state index contributed by atoms with van der Waals surface area (Å²) in [6.45, 7) is 1.83. The first-order valence-electron chi connectivity index (χ1n) is 7.18. The van der Waals surface area contributed by atoms with E-state index in [9.17, 15) is 9.90 Å². The van der Waals surface area contributed by atoms with E-state index in [1.165, 1.54) is 0 Å². The highest BCUT2D eigenvalue weighted by Gasteiger charge is 2.20. The standard InChI is InChI=1S/C18H15ClN2O2/c1-12-16(11-17(22)23)18(13-7-9-14(19)10-8-13)21(20-12)15-5-3-2-4-6-15/h2-10H,11H2,1H3,(H,22,23). The molecule has 0 atom stereocenters. The maximum Gasteiger partial charge on any atom is 0.307 e. The number of nitrogens with zero attached hydrogens (tertiary/aromatic N) is 2. The Morgan fingerprint density at radius 2 is 1.78 bits per heavy atom. The lowest BCUT2D eigenvalue weighted by atomic mass is 10.0. The van der Waals surface area contributed by atoms with Crippen LogP contribution in [-0.2, 0) is 11.2 Å². The Morgan fingerprint density at radius 1 is 1.13 bits per heavy atom. The Labute approximate surface area is 139 Å². The number of hydrogen-bond donors (Lipinski definition) is 1. The predicted octanol–water partition coefficient (Wildman–Crippen LogP) is 4.13. The zero-order valence-electron chi connectivity index (χ0n) is 12.5. The highest BCUT2D eigenvalue weighted by Crippen LogP contribution is 2.30. The molecule has 0 saturated carbocycles. The van der Waals surface area contributed by atoms with Crippen molar-refractivity contribution in [2.24, 2.45) is 0 Å². The van der Waals surface area contributed by atoms with Crippen LogP contribution in [0.3, 0.4) is 0 Å². The zero-order valence-corrected chi connectivity index (χ0v) is 13.3. The fraction of sp³-hybridized carbons (Fsp3) is 0.111. The summed E-state index contributed by atoms with van der Waals surface area (Å²) in [6, 6.07) is 17.0. The molecular weight excluding hydrogens is 312 g/mol. The lowest BCUT2D eigenvalue weighted by molar-refractivity contribution is -0.136. The minimum absolute atomic E-state index is 0.0728. The molecule has 0 saturated heterocycles. The predicted molar refractivity (Wildman–Crippen MR) is 90.1 cm³/mol. The average Bonchev–Trinajstić information content (AvgIpc) is 2.85. The first-order valence-corrected chi connectivity index (χ1v) is 7.55. The minimum atomic E-state index is -0.879. The summed E-state index contributed by atoms with van der Waals surface area (Å²) in [5.41, 5.74) is 3.98. The summed E-state index contributed by atoms with van der Waals surface area (Å²) in [7, 11) is 0. The van der Waals surface area contributed by atoms with E-state index in [1.54, 1.807) is 16.8 Å². The van der Waals surface area contributed by atoms with E-state index < -0.39 is 5.97 Å². The third-order valence-electron chi connectivity index (χ3n) is 3.63. The number of aromatic nitrogens is 2. The first-order chi connectivity index (χ1) is 11.1. The fourth-order valence-electron chi connectivity index (χ4n) is 2.58. The SMILES string of the molecule is Cc1nn(-c2ccccc2)c(-c2ccc(Cl)cc2)c1CC(=O)O. The quantitative estimate of drug-likeness (QED) is 0.784. The van der Waals surface area contributed by atoms with Crippen LogP contribution in [0, 0.1) is 6.92 Å². The van der Waals surface area contributed by atoms with Crippen LogP contribution in [0.4, 0.5) is 0 Å². The van der Waals surface area contributed by atoms with Gasteiger partial charge in [-0.1, -0.05) is 41.9 Å². The van der Waals surface area contributed by atoms with Gasteiger partial charge in [-0.15, -0.1) is 0 Å². The van der Waals surface area contributed by atoms with Gasteiger partial charge in [0, 0.05) is 16.1 Å². The number of rotatable bonds is 4. The van der Waals surface area contributed by atoms with Crippen LogP contribution in [0.5, 0.6) is 0 Å². The summed E-state index contributed by atoms with van der Waals surface area (Å²) in [5, 5.41) is 14.4. The van der Waals surface area contributed by atoms with Crippen molar-refractivity contribution in [2.45, 2.75) is 13.3 Å². The van der Waals surface area contributed by atoms with E-state index in [0.29, 0.717) is 16.3 Å². The molecule has 5 heteroatoms. The van der Waals surface area contributed by atoms with Gasteiger partial charge in [0.25, 0.3) is 0 Å². The van der Waals surface area contributed by atoms with Gasteiger partial charge in [-0.25, -0.2) is 4.68 Å². The lowest BCUT2D eigenvalue weighted by Crippen LogP contribution is -2.04. The van der Waals surface area contributed by atoms with Gasteiger partial charge in [0.15, 0.2) is 0 Å². The lowest BCUT2D eigenvalue weighted by Gasteiger charge is -2.10. The van der Waals surface area contributed by atoms with E-state index in [4.69, 9.17) is 11.6 Å². The second kappa shape index (κ2) is 6.26. The number of halogens is 1. The van der Waals surface area contributed by atoms with Crippen LogP contribution in [0.2, 0.25) is 5.02 Å². The Bertz CT molecular complexity index is 839. The number of carboxylic acid groups (broad SMARTS) is 1. The molecule has 0 aliphatic carbocycles. The molecule has 1 aromatic heterocycles. The Hall–Kier alpha value is -2.59. The summed E-state index contributed by atoms with van der Waals surface area (Å²) >= 11 is 5.97. The van der Waals surface area contributed by atoms with Crippen molar-refractivity contribution in [1.82, 2.24) is 9.78 Å². The zero-order chi connectivity index (χ0) is 16.4. The van der Waals surface area contributed by atoms with Crippen molar-refractivity contribution in [1.29, 1.82) is 0 Å². The summed E-state index contributed by atoms with van der Waals surface area (Å²) in [5.74, 6) is -0.879. The van der Waals surface area contributed by atoms with Gasteiger partial charge in [-0.05, 0) is 31.2 Å². The molecule has 2 aromatic carbocycles. The van der Waals surface area contributed by atoms with Gasteiger partial charge in [0.2, 0.25) is 0 Å². The number of hydrogen-bond acceptors (Lipinski definition) is 2. The second-order valence-electron chi connectivity index (χ2n) is 5.24. The van der Waals surface area contributed by atoms with Crippen molar-refractivity contribution in [2.75, 3.05) is 0 Å². The molecular formula is C18H15ClN2O2. The van der Waals surface area contributed by atoms with Gasteiger partial charge in [0.1, 0.15) is 0 Å². The van der Waals surface area contributed by atoms with Crippen LogP contribution in [-0.4, -0.2) is 20.9 Å². The van der Waals surface area contributed by atoms with Crippen LogP contribution in [0.25, 0.3) is 16.9 Å². The summed E-state index contributed by atoms with van der Waals surface area (Å²) in [4.78, 5) is 11.2. The van der Waals surface area contributed by atoms with E-state index in [1.807, 2.05) is 49.4 Å². The van der Waals surface area contributed by atoms with Crippen LogP contribution in [0.15, 0.2) is 54.6 Å². The molecule has 0 fully saturated rings. The molecule has 0 aliphatic heterocycles. The van der Waals surface area contributed by atoms with Gasteiger partial charge in [-0.2, -0.15) is 5.10 Å². The molecule has 3 rings (SSSR count). The molecule has 1 heterocycles. The fourth-order valence-corrected chi connectivity index (χ4v) is 2.71. The molecule has 23 heavy (non-hydrogen) atoms. The van der Waals surface area contributed by atoms with Gasteiger partial charge < -0.3 is 5.11 Å². The minimum Gasteiger partial charge on any atom is -0.481 e. The number of carboxylic acids is 1. The van der Waals surface area contributed by atoms with Crippen LogP contribution >= 0.6 is 11.6 Å². The molecule has 0 bridgehead atoms. The van der Waals surface area contributed by atoms with Crippen LogP contribution in [0.1, 0.15) is 11.3 Å². The Balaban J connectivity index is 2.24. The van der Waals surface area contributed by atoms with Gasteiger partial charge in [-0.3, -0.25) is 4.79 Å². The van der Waals surface area contributed by atoms with Crippen molar-refractivity contribution in [3.63, 3.8) is 0 Å². The normalized spacial score (nSPS) is 10.7. The number of aliphatic carboxylic acids is 1. The maximum atomic E-state index is 11.2. The van der Waals surface area contributed by atoms with Crippen molar-refractivity contribution in [3.8, 4) is 16.9 Å². The largest absolute Gasteiger partial charge is 0.481 e. The van der Waals surface area contributed by atoms with E-state index in [-0.39, 0.29) is 6.42 Å². The summed E-state index contributed by atoms with van der Waals surface area (Å²) in [6.07, 6.45) is -0.0728. The molecule has 0 amide bonds. The van der Waals surface area contributed by atoms with Gasteiger partial charge in [0.05, 0.1) is 23.5 Å². The molecule has 3 aromatic rings. The molecule has 0 radical (unpaired) electrons. The highest BCUT2D eigenvalue weighted by atomic mass is 35.5. The van der Waals surface area contributed by atoms with Crippen LogP contribution < -0.4 is 0 Å². The maximum absolute atomic E-state index is 11.2. The van der Waals surface area contributed by atoms with E-state index >= 15 is 0 Å². The molecule has 4 nitrogen and oxygen atoms in total. The second-order valence-corrected chi connectivity index (χ2v) is 5.67. The van der Waals surface area contributed by atoms with E-state index in [0.717, 1.165) is 16.9 Å². The molecule has 0 aliphatic rings. The Morgan fingerprint density at radius 3 is 2.39 bits per heavy atom. The number of benzene rings is 2. The number of carbonyl (C=O) groups is 1. The molecule has 0 unspecified atom stereocenters. The molecule has 0 spiro atoms. The van der Waals surface area contributed by atoms with Crippen molar-refractivity contribution >= 4 is 17.6 Å². The number of aryl methyl sites for hydroxylation is 1. The topological polar surface area (TPSA) is 55.1 Å². The third kappa shape index (κ3) is 3.12. The molecule has 116 valence electrons. The smallest absolute Gasteiger partial charge is 0.307 e. The van der Waals surface area contributed by atoms with Crippen molar-refractivity contribution < 1.29 is 9.90 Å². The molecule has 1 N–H and O–H groups in total. The van der Waals surface area contributed by atoms with Gasteiger partial charge >= 0.3 is 5.97 Å².